The van der Waals surface area contributed by atoms with Crippen molar-refractivity contribution in [2.75, 3.05) is 5.32 Å². The summed E-state index contributed by atoms with van der Waals surface area (Å²) < 4.78 is 40.9. The van der Waals surface area contributed by atoms with Crippen LogP contribution in [0.25, 0.3) is 33.4 Å². The molecule has 190 valence electrons. The van der Waals surface area contributed by atoms with Crippen molar-refractivity contribution in [2.24, 2.45) is 0 Å². The van der Waals surface area contributed by atoms with E-state index in [2.05, 4.69) is 44.0 Å². The second kappa shape index (κ2) is 10.3. The van der Waals surface area contributed by atoms with Gasteiger partial charge in [-0.15, -0.1) is 0 Å². The number of nitrogens with one attached hydrogen (secondary N) is 2. The molecule has 0 aliphatic heterocycles. The zero-order valence-electron chi connectivity index (χ0n) is 20.1. The Hall–Kier alpha value is -4.79. The van der Waals surface area contributed by atoms with E-state index in [4.69, 9.17) is 0 Å². The minimum atomic E-state index is -4.60. The molecule has 0 aliphatic carbocycles. The lowest BCUT2D eigenvalue weighted by Crippen LogP contribution is -2.10. The molecule has 0 aliphatic rings. The fraction of sp³-hybridized carbons (Fsp3) is 0.103. The number of carbonyl (C=O) groups excluding carboxylic acids is 1. The van der Waals surface area contributed by atoms with Crippen LogP contribution in [0.1, 0.15) is 16.7 Å². The second-order valence-corrected chi connectivity index (χ2v) is 8.69. The Bertz CT molecular complexity index is 1630. The number of aromatic amines is 1. The van der Waals surface area contributed by atoms with E-state index < -0.39 is 17.6 Å². The van der Waals surface area contributed by atoms with Gasteiger partial charge in [0.25, 0.3) is 0 Å². The minimum absolute atomic E-state index is 0.00751. The number of amides is 1. The van der Waals surface area contributed by atoms with Crippen LogP contribution in [0, 0.1) is 0 Å². The van der Waals surface area contributed by atoms with Crippen molar-refractivity contribution in [2.45, 2.75) is 19.0 Å². The summed E-state index contributed by atoms with van der Waals surface area (Å²) in [6.07, 6.45) is 4.44. The SMILES string of the molecule is C=CC(=O)Nc1cc(-c2cnc3[nH]cc(-c4ncncc4CCc4ccccc4)c3c2)cc(C(F)(F)F)c1. The lowest BCUT2D eigenvalue weighted by molar-refractivity contribution is -0.137. The molecule has 9 heteroatoms. The number of halogens is 3. The normalized spacial score (nSPS) is 11.4. The summed E-state index contributed by atoms with van der Waals surface area (Å²) in [4.78, 5) is 28.1. The Morgan fingerprint density at radius 3 is 2.58 bits per heavy atom. The molecule has 0 saturated heterocycles. The minimum Gasteiger partial charge on any atom is -0.345 e. The highest BCUT2D eigenvalue weighted by Gasteiger charge is 2.31. The number of carbonyl (C=O) groups is 1. The second-order valence-electron chi connectivity index (χ2n) is 8.69. The van der Waals surface area contributed by atoms with Crippen molar-refractivity contribution in [3.63, 3.8) is 0 Å². The number of benzene rings is 2. The van der Waals surface area contributed by atoms with E-state index in [0.29, 0.717) is 23.0 Å². The number of hydrogen-bond donors (Lipinski definition) is 2. The average molecular weight is 514 g/mol. The molecule has 2 N–H and O–H groups in total. The summed E-state index contributed by atoms with van der Waals surface area (Å²) in [5.74, 6) is -0.608. The van der Waals surface area contributed by atoms with Crippen LogP contribution in [-0.4, -0.2) is 25.8 Å². The van der Waals surface area contributed by atoms with Gasteiger partial charge in [-0.25, -0.2) is 15.0 Å². The van der Waals surface area contributed by atoms with Gasteiger partial charge in [-0.2, -0.15) is 13.2 Å². The number of fused-ring (bicyclic) bond motifs is 1. The third kappa shape index (κ3) is 5.31. The molecule has 5 aromatic rings. The number of aromatic nitrogens is 4. The number of anilines is 1. The summed E-state index contributed by atoms with van der Waals surface area (Å²) in [5, 5.41) is 3.12. The van der Waals surface area contributed by atoms with E-state index in [1.807, 2.05) is 18.2 Å². The predicted octanol–water partition coefficient (Wildman–Crippen LogP) is 6.62. The third-order valence-corrected chi connectivity index (χ3v) is 6.15. The first-order valence-electron chi connectivity index (χ1n) is 11.8. The van der Waals surface area contributed by atoms with Crippen LogP contribution in [0.15, 0.2) is 92.2 Å². The first kappa shape index (κ1) is 24.9. The largest absolute Gasteiger partial charge is 0.416 e. The van der Waals surface area contributed by atoms with E-state index in [1.54, 1.807) is 18.5 Å². The average Bonchev–Trinajstić information content (AvgIpc) is 3.35. The lowest BCUT2D eigenvalue weighted by Gasteiger charge is -2.13. The maximum atomic E-state index is 13.6. The van der Waals surface area contributed by atoms with E-state index in [9.17, 15) is 18.0 Å². The number of rotatable bonds is 7. The Morgan fingerprint density at radius 1 is 1.00 bits per heavy atom. The maximum Gasteiger partial charge on any atom is 0.416 e. The summed E-state index contributed by atoms with van der Waals surface area (Å²) in [7, 11) is 0. The van der Waals surface area contributed by atoms with E-state index in [-0.39, 0.29) is 11.3 Å². The number of pyridine rings is 1. The third-order valence-electron chi connectivity index (χ3n) is 6.15. The quantitative estimate of drug-likeness (QED) is 0.240. The number of alkyl halides is 3. The Morgan fingerprint density at radius 2 is 1.82 bits per heavy atom. The number of hydrogen-bond acceptors (Lipinski definition) is 4. The van der Waals surface area contributed by atoms with Gasteiger partial charge in [-0.3, -0.25) is 4.79 Å². The molecule has 1 amide bonds. The predicted molar refractivity (Wildman–Crippen MR) is 140 cm³/mol. The van der Waals surface area contributed by atoms with Crippen molar-refractivity contribution in [1.82, 2.24) is 19.9 Å². The molecule has 0 radical (unpaired) electrons. The van der Waals surface area contributed by atoms with E-state index >= 15 is 0 Å². The molecule has 5 rings (SSSR count). The summed E-state index contributed by atoms with van der Waals surface area (Å²) in [6.45, 7) is 3.35. The highest BCUT2D eigenvalue weighted by atomic mass is 19.4. The van der Waals surface area contributed by atoms with Crippen LogP contribution in [0.2, 0.25) is 0 Å². The lowest BCUT2D eigenvalue weighted by atomic mass is 9.99. The highest BCUT2D eigenvalue weighted by molar-refractivity contribution is 6.00. The molecule has 0 bridgehead atoms. The van der Waals surface area contributed by atoms with E-state index in [0.717, 1.165) is 41.5 Å². The van der Waals surface area contributed by atoms with Crippen LogP contribution in [0.4, 0.5) is 18.9 Å². The van der Waals surface area contributed by atoms with Gasteiger partial charge in [0.05, 0.1) is 11.3 Å². The van der Waals surface area contributed by atoms with Crippen molar-refractivity contribution < 1.29 is 18.0 Å². The van der Waals surface area contributed by atoms with Gasteiger partial charge in [-0.05, 0) is 59.9 Å². The van der Waals surface area contributed by atoms with Gasteiger partial charge in [0.2, 0.25) is 5.91 Å². The molecular weight excluding hydrogens is 491 g/mol. The first-order chi connectivity index (χ1) is 18.3. The summed E-state index contributed by atoms with van der Waals surface area (Å²) in [5.41, 5.74) is 4.03. The van der Waals surface area contributed by atoms with Crippen molar-refractivity contribution in [3.8, 4) is 22.4 Å². The zero-order chi connectivity index (χ0) is 26.7. The van der Waals surface area contributed by atoms with Crippen LogP contribution in [-0.2, 0) is 23.8 Å². The fourth-order valence-electron chi connectivity index (χ4n) is 4.29. The standard InChI is InChI=1S/C29H22F3N5O/c1-2-26(38)37-23-11-20(10-22(13-23)29(30,31)32)21-12-24-25(16-35-28(24)34-15-21)27-19(14-33-17-36-27)9-8-18-6-4-3-5-7-18/h2-7,10-17H,1,8-9H2,(H,34,35)(H,37,38). The summed E-state index contributed by atoms with van der Waals surface area (Å²) >= 11 is 0. The van der Waals surface area contributed by atoms with Gasteiger partial charge >= 0.3 is 6.18 Å². The Balaban J connectivity index is 1.56. The van der Waals surface area contributed by atoms with Crippen LogP contribution >= 0.6 is 0 Å². The molecule has 0 atom stereocenters. The maximum absolute atomic E-state index is 13.6. The molecule has 3 aromatic heterocycles. The van der Waals surface area contributed by atoms with Gasteiger partial charge < -0.3 is 10.3 Å². The van der Waals surface area contributed by atoms with Crippen LogP contribution < -0.4 is 5.32 Å². The topological polar surface area (TPSA) is 83.6 Å². The zero-order valence-corrected chi connectivity index (χ0v) is 20.1. The molecule has 6 nitrogen and oxygen atoms in total. The van der Waals surface area contributed by atoms with Crippen molar-refractivity contribution in [3.05, 3.63) is 109 Å². The molecule has 0 saturated carbocycles. The monoisotopic (exact) mass is 513 g/mol. The number of nitrogens with zero attached hydrogens (tertiary/aromatic N) is 3. The molecule has 3 heterocycles. The van der Waals surface area contributed by atoms with Gasteiger partial charge in [0.15, 0.2) is 0 Å². The number of aryl methyl sites for hydroxylation is 2. The van der Waals surface area contributed by atoms with Gasteiger partial charge in [0.1, 0.15) is 12.0 Å². The van der Waals surface area contributed by atoms with Crippen LogP contribution in [0.3, 0.4) is 0 Å². The molecule has 0 unspecified atom stereocenters. The van der Waals surface area contributed by atoms with Crippen molar-refractivity contribution >= 4 is 22.6 Å². The molecule has 2 aromatic carbocycles. The van der Waals surface area contributed by atoms with Gasteiger partial charge in [-0.1, -0.05) is 36.9 Å². The smallest absolute Gasteiger partial charge is 0.345 e. The van der Waals surface area contributed by atoms with Crippen molar-refractivity contribution in [1.29, 1.82) is 0 Å². The van der Waals surface area contributed by atoms with Crippen LogP contribution in [0.5, 0.6) is 0 Å². The molecular formula is C29H22F3N5O. The first-order valence-corrected chi connectivity index (χ1v) is 11.8. The van der Waals surface area contributed by atoms with Gasteiger partial charge in [0, 0.05) is 40.8 Å². The fourth-order valence-corrected chi connectivity index (χ4v) is 4.29. The Kier molecular flexibility index (Phi) is 6.74. The molecule has 38 heavy (non-hydrogen) atoms. The Labute approximate surface area is 216 Å². The molecule has 0 fully saturated rings. The van der Waals surface area contributed by atoms with E-state index in [1.165, 1.54) is 24.2 Å². The summed E-state index contributed by atoms with van der Waals surface area (Å²) in [6, 6.07) is 15.2. The number of H-pyrrole nitrogens is 1. The molecule has 0 spiro atoms. The highest BCUT2D eigenvalue weighted by Crippen LogP contribution is 2.37.